The van der Waals surface area contributed by atoms with E-state index in [2.05, 4.69) is 20.4 Å². The summed E-state index contributed by atoms with van der Waals surface area (Å²) in [6.07, 6.45) is 1.68. The number of hydrogen-bond donors (Lipinski definition) is 1. The van der Waals surface area contributed by atoms with Crippen LogP contribution in [0.5, 0.6) is 5.88 Å². The smallest absolute Gasteiger partial charge is 0.220 e. The Morgan fingerprint density at radius 1 is 0.957 bits per heavy atom. The number of nitrogens with zero attached hydrogens (tertiary/aromatic N) is 5. The Bertz CT molecular complexity index is 1050. The summed E-state index contributed by atoms with van der Waals surface area (Å²) in [5.74, 6) is 0.499. The highest BCUT2D eigenvalue weighted by atomic mass is 16.3. The van der Waals surface area contributed by atoms with Gasteiger partial charge in [0.2, 0.25) is 11.7 Å². The lowest BCUT2D eigenvalue weighted by molar-refractivity contribution is 0.436. The van der Waals surface area contributed by atoms with Crippen molar-refractivity contribution in [2.75, 3.05) is 0 Å². The fourth-order valence-corrected chi connectivity index (χ4v) is 2.64. The molecule has 0 saturated heterocycles. The van der Waals surface area contributed by atoms with Gasteiger partial charge in [-0.1, -0.05) is 42.5 Å². The number of rotatable bonds is 2. The molecule has 2 aromatic heterocycles. The second kappa shape index (κ2) is 5.17. The molecule has 1 N–H and O–H groups in total. The number of benzene rings is 2. The molecule has 0 radical (unpaired) electrons. The molecule has 0 amide bonds. The van der Waals surface area contributed by atoms with E-state index in [4.69, 9.17) is 0 Å². The monoisotopic (exact) mass is 303 g/mol. The fraction of sp³-hybridized carbons (Fsp3) is 0.0588. The highest BCUT2D eigenvalue weighted by molar-refractivity contribution is 5.95. The molecule has 0 fully saturated rings. The Kier molecular flexibility index (Phi) is 3.01. The molecule has 112 valence electrons. The largest absolute Gasteiger partial charge is 0.493 e. The topological polar surface area (TPSA) is 75.7 Å². The maximum atomic E-state index is 10.3. The Labute approximate surface area is 131 Å². The summed E-state index contributed by atoms with van der Waals surface area (Å²) < 4.78 is 1.68. The zero-order valence-corrected chi connectivity index (χ0v) is 12.4. The number of aromatic nitrogens is 3. The van der Waals surface area contributed by atoms with Crippen LogP contribution < -0.4 is 0 Å². The van der Waals surface area contributed by atoms with Gasteiger partial charge in [-0.05, 0) is 6.07 Å². The van der Waals surface area contributed by atoms with Gasteiger partial charge in [0.05, 0.1) is 11.7 Å². The first-order valence-corrected chi connectivity index (χ1v) is 7.14. The van der Waals surface area contributed by atoms with Gasteiger partial charge in [-0.15, -0.1) is 15.3 Å². The highest BCUT2D eigenvalue weighted by Gasteiger charge is 2.13. The number of azo groups is 1. The average molecular weight is 303 g/mol. The van der Waals surface area contributed by atoms with Crippen LogP contribution in [0.2, 0.25) is 0 Å². The SMILES string of the molecule is Cn1c(O)c(N=Nc2nncc3ccccc23)c2ccccc21. The van der Waals surface area contributed by atoms with Crippen molar-refractivity contribution >= 4 is 33.2 Å². The van der Waals surface area contributed by atoms with Crippen LogP contribution in [0.15, 0.2) is 65.0 Å². The van der Waals surface area contributed by atoms with E-state index in [0.29, 0.717) is 11.5 Å². The molecular formula is C17H13N5O. The van der Waals surface area contributed by atoms with Gasteiger partial charge in [0.15, 0.2) is 5.69 Å². The third-order valence-corrected chi connectivity index (χ3v) is 3.85. The summed E-state index contributed by atoms with van der Waals surface area (Å²) in [4.78, 5) is 0. The van der Waals surface area contributed by atoms with E-state index in [-0.39, 0.29) is 5.88 Å². The summed E-state index contributed by atoms with van der Waals surface area (Å²) in [6, 6.07) is 15.3. The van der Waals surface area contributed by atoms with Crippen LogP contribution in [-0.2, 0) is 7.05 Å². The van der Waals surface area contributed by atoms with Gasteiger partial charge in [0, 0.05) is 23.2 Å². The Balaban J connectivity index is 1.87. The van der Waals surface area contributed by atoms with Crippen molar-refractivity contribution in [1.82, 2.24) is 14.8 Å². The molecule has 23 heavy (non-hydrogen) atoms. The standard InChI is InChI=1S/C17H13N5O/c1-22-14-9-5-4-8-13(14)15(17(22)23)19-21-16-12-7-3-2-6-11(12)10-18-20-16/h2-10,23H,1H3. The third kappa shape index (κ3) is 2.12. The van der Waals surface area contributed by atoms with Crippen LogP contribution in [-0.4, -0.2) is 19.9 Å². The summed E-state index contributed by atoms with van der Waals surface area (Å²) in [6.45, 7) is 0. The van der Waals surface area contributed by atoms with Crippen LogP contribution >= 0.6 is 0 Å². The van der Waals surface area contributed by atoms with Crippen molar-refractivity contribution in [2.24, 2.45) is 17.3 Å². The molecule has 2 heterocycles. The molecule has 0 aliphatic carbocycles. The molecule has 6 heteroatoms. The molecule has 2 aromatic carbocycles. The van der Waals surface area contributed by atoms with E-state index < -0.39 is 0 Å². The van der Waals surface area contributed by atoms with E-state index in [1.54, 1.807) is 17.8 Å². The molecule has 0 aliphatic rings. The van der Waals surface area contributed by atoms with Gasteiger partial charge in [0.1, 0.15) is 0 Å². The van der Waals surface area contributed by atoms with Crippen molar-refractivity contribution in [3.63, 3.8) is 0 Å². The van der Waals surface area contributed by atoms with Gasteiger partial charge in [-0.3, -0.25) is 0 Å². The molecule has 0 bridgehead atoms. The summed E-state index contributed by atoms with van der Waals surface area (Å²) in [5.41, 5.74) is 1.32. The van der Waals surface area contributed by atoms with Crippen molar-refractivity contribution in [1.29, 1.82) is 0 Å². The number of hydrogen-bond acceptors (Lipinski definition) is 5. The van der Waals surface area contributed by atoms with Crippen molar-refractivity contribution in [2.45, 2.75) is 0 Å². The van der Waals surface area contributed by atoms with Crippen molar-refractivity contribution in [3.05, 3.63) is 54.7 Å². The number of aromatic hydroxyl groups is 1. The van der Waals surface area contributed by atoms with Gasteiger partial charge in [-0.2, -0.15) is 5.10 Å². The van der Waals surface area contributed by atoms with Gasteiger partial charge >= 0.3 is 0 Å². The van der Waals surface area contributed by atoms with Crippen LogP contribution in [0, 0.1) is 0 Å². The predicted molar refractivity (Wildman–Crippen MR) is 88.3 cm³/mol. The Hall–Kier alpha value is -3.28. The quantitative estimate of drug-likeness (QED) is 0.563. The fourth-order valence-electron chi connectivity index (χ4n) is 2.64. The average Bonchev–Trinajstić information content (AvgIpc) is 2.84. The minimum Gasteiger partial charge on any atom is -0.493 e. The molecule has 0 saturated carbocycles. The molecule has 4 aromatic rings. The summed E-state index contributed by atoms with van der Waals surface area (Å²) in [5, 5.41) is 29.4. The first-order valence-electron chi connectivity index (χ1n) is 7.14. The van der Waals surface area contributed by atoms with Crippen molar-refractivity contribution in [3.8, 4) is 5.88 Å². The molecular weight excluding hydrogens is 290 g/mol. The second-order valence-electron chi connectivity index (χ2n) is 5.20. The van der Waals surface area contributed by atoms with Gasteiger partial charge < -0.3 is 9.67 Å². The van der Waals surface area contributed by atoms with E-state index >= 15 is 0 Å². The number of para-hydroxylation sites is 1. The normalized spacial score (nSPS) is 11.7. The summed E-state index contributed by atoms with van der Waals surface area (Å²) in [7, 11) is 1.79. The minimum absolute atomic E-state index is 0.0724. The predicted octanol–water partition coefficient (Wildman–Crippen LogP) is 4.24. The lowest BCUT2D eigenvalue weighted by Crippen LogP contribution is -1.84. The molecule has 0 spiro atoms. The lowest BCUT2D eigenvalue weighted by Gasteiger charge is -1.98. The van der Waals surface area contributed by atoms with Crippen molar-refractivity contribution < 1.29 is 5.11 Å². The van der Waals surface area contributed by atoms with E-state index in [9.17, 15) is 5.11 Å². The molecule has 0 unspecified atom stereocenters. The van der Waals surface area contributed by atoms with E-state index in [1.165, 1.54) is 0 Å². The number of fused-ring (bicyclic) bond motifs is 2. The van der Waals surface area contributed by atoms with Crippen LogP contribution in [0.3, 0.4) is 0 Å². The van der Waals surface area contributed by atoms with E-state index in [0.717, 1.165) is 21.7 Å². The maximum Gasteiger partial charge on any atom is 0.220 e. The Morgan fingerprint density at radius 2 is 1.70 bits per heavy atom. The van der Waals surface area contributed by atoms with Gasteiger partial charge in [0.25, 0.3) is 0 Å². The molecule has 6 nitrogen and oxygen atoms in total. The van der Waals surface area contributed by atoms with Crippen LogP contribution in [0.1, 0.15) is 0 Å². The lowest BCUT2D eigenvalue weighted by atomic mass is 10.2. The number of aryl methyl sites for hydroxylation is 1. The van der Waals surface area contributed by atoms with Crippen LogP contribution in [0.25, 0.3) is 21.7 Å². The third-order valence-electron chi connectivity index (χ3n) is 3.85. The minimum atomic E-state index is 0.0724. The second-order valence-corrected chi connectivity index (χ2v) is 5.20. The molecule has 4 rings (SSSR count). The Morgan fingerprint density at radius 3 is 2.57 bits per heavy atom. The first kappa shape index (κ1) is 13.4. The zero-order chi connectivity index (χ0) is 15.8. The zero-order valence-electron chi connectivity index (χ0n) is 12.4. The van der Waals surface area contributed by atoms with E-state index in [1.807, 2.05) is 48.5 Å². The molecule has 0 aliphatic heterocycles. The molecule has 0 atom stereocenters. The first-order chi connectivity index (χ1) is 11.3. The summed E-state index contributed by atoms with van der Waals surface area (Å²) >= 11 is 0. The van der Waals surface area contributed by atoms with Gasteiger partial charge in [-0.25, -0.2) is 0 Å². The maximum absolute atomic E-state index is 10.3. The van der Waals surface area contributed by atoms with Crippen LogP contribution in [0.4, 0.5) is 11.5 Å². The highest BCUT2D eigenvalue weighted by Crippen LogP contribution is 2.38.